The average Bonchev–Trinajstić information content (AvgIpc) is 2.27. The lowest BCUT2D eigenvalue weighted by atomic mass is 10.2. The Morgan fingerprint density at radius 3 is 2.59 bits per heavy atom. The predicted octanol–water partition coefficient (Wildman–Crippen LogP) is 1.28. The summed E-state index contributed by atoms with van der Waals surface area (Å²) < 4.78 is 13.0. The molecule has 1 aliphatic rings. The maximum atomic E-state index is 13.0. The summed E-state index contributed by atoms with van der Waals surface area (Å²) in [5.74, 6) is -0.928. The van der Waals surface area contributed by atoms with Gasteiger partial charge in [-0.1, -0.05) is 11.6 Å². The van der Waals surface area contributed by atoms with E-state index in [0.717, 1.165) is 0 Å². The van der Waals surface area contributed by atoms with E-state index in [1.54, 1.807) is 7.05 Å². The van der Waals surface area contributed by atoms with Crippen molar-refractivity contribution in [2.45, 2.75) is 0 Å². The summed E-state index contributed by atoms with van der Waals surface area (Å²) in [6.07, 6.45) is 0. The highest BCUT2D eigenvalue weighted by Gasteiger charge is 2.28. The van der Waals surface area contributed by atoms with Crippen LogP contribution in [0, 0.1) is 5.82 Å². The summed E-state index contributed by atoms with van der Waals surface area (Å²) in [5.41, 5.74) is 0.433. The van der Waals surface area contributed by atoms with Crippen LogP contribution in [0.1, 0.15) is 0 Å². The number of benzene rings is 1. The van der Waals surface area contributed by atoms with E-state index in [1.807, 2.05) is 0 Å². The zero-order valence-corrected chi connectivity index (χ0v) is 9.87. The van der Waals surface area contributed by atoms with Crippen LogP contribution in [0.5, 0.6) is 0 Å². The summed E-state index contributed by atoms with van der Waals surface area (Å²) in [6, 6.07) is 3.94. The largest absolute Gasteiger partial charge is 0.335 e. The van der Waals surface area contributed by atoms with Crippen molar-refractivity contribution in [1.82, 2.24) is 4.90 Å². The van der Waals surface area contributed by atoms with Crippen molar-refractivity contribution in [2.75, 3.05) is 25.0 Å². The van der Waals surface area contributed by atoms with Crippen LogP contribution in [0.15, 0.2) is 18.2 Å². The minimum atomic E-state index is -0.552. The summed E-state index contributed by atoms with van der Waals surface area (Å²) in [7, 11) is 1.56. The molecule has 1 aromatic rings. The second-order valence-electron chi connectivity index (χ2n) is 3.83. The molecule has 6 heteroatoms. The number of likely N-dealkylation sites (N-methyl/N-ethyl adjacent to an activating group) is 1. The summed E-state index contributed by atoms with van der Waals surface area (Å²) in [4.78, 5) is 25.9. The maximum Gasteiger partial charge on any atom is 0.247 e. The molecule has 0 unspecified atom stereocenters. The molecule has 0 radical (unpaired) electrons. The van der Waals surface area contributed by atoms with Crippen LogP contribution in [-0.2, 0) is 9.59 Å². The lowest BCUT2D eigenvalue weighted by Crippen LogP contribution is -2.52. The van der Waals surface area contributed by atoms with Crippen molar-refractivity contribution in [2.24, 2.45) is 0 Å². The number of anilines is 1. The molecule has 0 aliphatic carbocycles. The van der Waals surface area contributed by atoms with Gasteiger partial charge >= 0.3 is 0 Å². The van der Waals surface area contributed by atoms with Crippen LogP contribution in [0.25, 0.3) is 0 Å². The van der Waals surface area contributed by atoms with Gasteiger partial charge in [-0.15, -0.1) is 0 Å². The number of carbonyl (C=O) groups is 2. The fourth-order valence-electron chi connectivity index (χ4n) is 1.61. The van der Waals surface area contributed by atoms with E-state index in [2.05, 4.69) is 0 Å². The molecule has 0 atom stereocenters. The number of amides is 2. The Balaban J connectivity index is 2.30. The minimum Gasteiger partial charge on any atom is -0.335 e. The van der Waals surface area contributed by atoms with E-state index >= 15 is 0 Å². The summed E-state index contributed by atoms with van der Waals surface area (Å²) in [6.45, 7) is -0.0227. The molecule has 1 fully saturated rings. The molecule has 17 heavy (non-hydrogen) atoms. The molecule has 1 aliphatic heterocycles. The Labute approximate surface area is 103 Å². The lowest BCUT2D eigenvalue weighted by molar-refractivity contribution is -0.136. The van der Waals surface area contributed by atoms with Crippen molar-refractivity contribution in [3.63, 3.8) is 0 Å². The highest BCUT2D eigenvalue weighted by Crippen LogP contribution is 2.23. The third-order valence-electron chi connectivity index (χ3n) is 2.61. The number of rotatable bonds is 1. The first-order valence-electron chi connectivity index (χ1n) is 4.98. The Hall–Kier alpha value is -1.62. The third-order valence-corrected chi connectivity index (χ3v) is 2.90. The van der Waals surface area contributed by atoms with Gasteiger partial charge in [0.1, 0.15) is 12.4 Å². The van der Waals surface area contributed by atoms with Crippen LogP contribution in [0.3, 0.4) is 0 Å². The van der Waals surface area contributed by atoms with Gasteiger partial charge < -0.3 is 9.80 Å². The number of piperazine rings is 1. The molecule has 4 nitrogen and oxygen atoms in total. The van der Waals surface area contributed by atoms with E-state index in [0.29, 0.717) is 5.69 Å². The molecule has 2 amide bonds. The smallest absolute Gasteiger partial charge is 0.247 e. The molecule has 0 saturated carbocycles. The molecular formula is C11H10ClFN2O2. The van der Waals surface area contributed by atoms with E-state index in [9.17, 15) is 14.0 Å². The fraction of sp³-hybridized carbons (Fsp3) is 0.273. The van der Waals surface area contributed by atoms with Gasteiger partial charge in [0.05, 0.1) is 11.6 Å². The number of hydrogen-bond donors (Lipinski definition) is 0. The Morgan fingerprint density at radius 1 is 1.24 bits per heavy atom. The van der Waals surface area contributed by atoms with Crippen molar-refractivity contribution >= 4 is 29.1 Å². The van der Waals surface area contributed by atoms with E-state index < -0.39 is 5.82 Å². The van der Waals surface area contributed by atoms with Gasteiger partial charge in [0.25, 0.3) is 0 Å². The standard InChI is InChI=1S/C11H10ClFN2O2/c1-14-5-11(17)15(6-10(14)16)7-2-3-9(13)8(12)4-7/h2-4H,5-6H2,1H3. The average molecular weight is 257 g/mol. The van der Waals surface area contributed by atoms with Gasteiger partial charge in [0.2, 0.25) is 11.8 Å². The fourth-order valence-corrected chi connectivity index (χ4v) is 1.78. The van der Waals surface area contributed by atoms with Crippen molar-refractivity contribution in [1.29, 1.82) is 0 Å². The monoisotopic (exact) mass is 256 g/mol. The molecule has 1 aromatic carbocycles. The maximum absolute atomic E-state index is 13.0. The van der Waals surface area contributed by atoms with E-state index in [-0.39, 0.29) is 29.9 Å². The summed E-state index contributed by atoms with van der Waals surface area (Å²) >= 11 is 5.64. The normalized spacial score (nSPS) is 16.6. The molecule has 90 valence electrons. The SMILES string of the molecule is CN1CC(=O)N(c2ccc(F)c(Cl)c2)CC1=O. The van der Waals surface area contributed by atoms with Crippen molar-refractivity contribution in [3.8, 4) is 0 Å². The molecule has 2 rings (SSSR count). The first kappa shape index (κ1) is 11.9. The Morgan fingerprint density at radius 2 is 1.94 bits per heavy atom. The van der Waals surface area contributed by atoms with Gasteiger partial charge in [-0.2, -0.15) is 0 Å². The van der Waals surface area contributed by atoms with Gasteiger partial charge in [-0.25, -0.2) is 4.39 Å². The number of hydrogen-bond acceptors (Lipinski definition) is 2. The van der Waals surface area contributed by atoms with Gasteiger partial charge in [-0.05, 0) is 18.2 Å². The Kier molecular flexibility index (Phi) is 3.02. The van der Waals surface area contributed by atoms with Gasteiger partial charge in [0, 0.05) is 12.7 Å². The molecule has 0 bridgehead atoms. The second-order valence-corrected chi connectivity index (χ2v) is 4.24. The molecular weight excluding hydrogens is 247 g/mol. The first-order valence-corrected chi connectivity index (χ1v) is 5.36. The number of halogens is 2. The van der Waals surface area contributed by atoms with Crippen LogP contribution in [-0.4, -0.2) is 36.9 Å². The second kappa shape index (κ2) is 4.33. The molecule has 0 N–H and O–H groups in total. The van der Waals surface area contributed by atoms with Crippen LogP contribution >= 0.6 is 11.6 Å². The molecule has 1 heterocycles. The van der Waals surface area contributed by atoms with Crippen LogP contribution in [0.2, 0.25) is 5.02 Å². The van der Waals surface area contributed by atoms with Crippen LogP contribution < -0.4 is 4.90 Å². The number of nitrogens with zero attached hydrogens (tertiary/aromatic N) is 2. The topological polar surface area (TPSA) is 40.6 Å². The number of carbonyl (C=O) groups excluding carboxylic acids is 2. The summed E-state index contributed by atoms with van der Waals surface area (Å²) in [5, 5.41) is -0.0679. The van der Waals surface area contributed by atoms with Crippen molar-refractivity contribution in [3.05, 3.63) is 29.0 Å². The Bertz CT molecular complexity index is 492. The highest BCUT2D eigenvalue weighted by molar-refractivity contribution is 6.31. The van der Waals surface area contributed by atoms with Gasteiger partial charge in [0.15, 0.2) is 0 Å². The molecule has 1 saturated heterocycles. The highest BCUT2D eigenvalue weighted by atomic mass is 35.5. The van der Waals surface area contributed by atoms with Crippen LogP contribution in [0.4, 0.5) is 10.1 Å². The minimum absolute atomic E-state index is 0.0217. The van der Waals surface area contributed by atoms with Gasteiger partial charge in [-0.3, -0.25) is 9.59 Å². The molecule has 0 spiro atoms. The zero-order chi connectivity index (χ0) is 12.6. The first-order chi connectivity index (χ1) is 7.99. The lowest BCUT2D eigenvalue weighted by Gasteiger charge is -2.31. The predicted molar refractivity (Wildman–Crippen MR) is 61.4 cm³/mol. The molecule has 0 aromatic heterocycles. The van der Waals surface area contributed by atoms with Crippen molar-refractivity contribution < 1.29 is 14.0 Å². The quantitative estimate of drug-likeness (QED) is 0.760. The van der Waals surface area contributed by atoms with E-state index in [1.165, 1.54) is 28.0 Å². The third kappa shape index (κ3) is 2.24. The zero-order valence-electron chi connectivity index (χ0n) is 9.11. The van der Waals surface area contributed by atoms with E-state index in [4.69, 9.17) is 11.6 Å².